The normalized spacial score (nSPS) is 9.24. The van der Waals surface area contributed by atoms with Crippen molar-refractivity contribution >= 4 is 33.5 Å². The molecule has 0 atom stereocenters. The molecule has 4 aromatic carbocycles. The van der Waals surface area contributed by atoms with Gasteiger partial charge in [-0.3, -0.25) is 0 Å². The summed E-state index contributed by atoms with van der Waals surface area (Å²) >= 11 is -1.06. The molecule has 0 aliphatic carbocycles. The van der Waals surface area contributed by atoms with Gasteiger partial charge in [-0.2, -0.15) is 35.0 Å². The Hall–Kier alpha value is -0.435. The van der Waals surface area contributed by atoms with E-state index in [1.165, 1.54) is 21.5 Å². The first-order valence-corrected chi connectivity index (χ1v) is 16.6. The van der Waals surface area contributed by atoms with Gasteiger partial charge in [0.1, 0.15) is 0 Å². The van der Waals surface area contributed by atoms with Crippen molar-refractivity contribution in [3.05, 3.63) is 84.9 Å². The van der Waals surface area contributed by atoms with Gasteiger partial charge in [0.15, 0.2) is 0 Å². The van der Waals surface area contributed by atoms with Crippen LogP contribution < -0.4 is 0 Å². The molecule has 0 saturated carbocycles. The third-order valence-corrected chi connectivity index (χ3v) is 3.10. The van der Waals surface area contributed by atoms with Crippen molar-refractivity contribution < 1.29 is 32.8 Å². The molecular formula is C18H14Cl2Th-2. The third-order valence-electron chi connectivity index (χ3n) is 3.10. The van der Waals surface area contributed by atoms with E-state index in [1.54, 1.807) is 0 Å². The van der Waals surface area contributed by atoms with E-state index in [-0.39, 0.29) is 0 Å². The Morgan fingerprint density at radius 2 is 1.00 bits per heavy atom. The van der Waals surface area contributed by atoms with Gasteiger partial charge in [-0.05, 0) is 0 Å². The SMILES string of the molecule is [Cl][Th][Cl].c1ccc2[cH-]ccc2c1.c1ccc2[cH-]ccc2c1. The van der Waals surface area contributed by atoms with E-state index in [2.05, 4.69) is 84.9 Å². The largest absolute Gasteiger partial charge is 0.168 e. The van der Waals surface area contributed by atoms with Crippen LogP contribution in [0.15, 0.2) is 84.9 Å². The molecule has 0 unspecified atom stereocenters. The van der Waals surface area contributed by atoms with Crippen LogP contribution in [0.2, 0.25) is 0 Å². The van der Waals surface area contributed by atoms with Gasteiger partial charge in [-0.1, -0.05) is 12.1 Å². The number of benzene rings is 2. The van der Waals surface area contributed by atoms with Gasteiger partial charge in [-0.15, -0.1) is 59.3 Å². The molecular weight excluding hydrogens is 519 g/mol. The van der Waals surface area contributed by atoms with Crippen LogP contribution >= 0.6 is 11.9 Å². The van der Waals surface area contributed by atoms with E-state index in [9.17, 15) is 0 Å². The Kier molecular flexibility index (Phi) is 7.70. The van der Waals surface area contributed by atoms with Gasteiger partial charge < -0.3 is 0 Å². The summed E-state index contributed by atoms with van der Waals surface area (Å²) in [4.78, 5) is 0. The summed E-state index contributed by atoms with van der Waals surface area (Å²) in [6, 6.07) is 29.3. The van der Waals surface area contributed by atoms with Crippen LogP contribution in [0.25, 0.3) is 21.5 Å². The van der Waals surface area contributed by atoms with Crippen LogP contribution in [0.1, 0.15) is 0 Å². The minimum atomic E-state index is -1.06. The van der Waals surface area contributed by atoms with Crippen molar-refractivity contribution in [2.45, 2.75) is 0 Å². The Bertz CT molecular complexity index is 644. The van der Waals surface area contributed by atoms with E-state index >= 15 is 0 Å². The van der Waals surface area contributed by atoms with Gasteiger partial charge in [0.25, 0.3) is 0 Å². The summed E-state index contributed by atoms with van der Waals surface area (Å²) in [7, 11) is 0. The molecule has 0 bridgehead atoms. The second-order valence-corrected chi connectivity index (χ2v) is 10.2. The van der Waals surface area contributed by atoms with Crippen molar-refractivity contribution in [2.24, 2.45) is 0 Å². The molecule has 0 fully saturated rings. The van der Waals surface area contributed by atoms with E-state index in [1.807, 2.05) is 0 Å². The zero-order chi connectivity index (χ0) is 14.9. The van der Waals surface area contributed by atoms with Crippen molar-refractivity contribution in [1.82, 2.24) is 0 Å². The average Bonchev–Trinajstić information content (AvgIpc) is 3.17. The third kappa shape index (κ3) is 5.36. The van der Waals surface area contributed by atoms with E-state index in [4.69, 9.17) is 11.9 Å². The molecule has 0 heterocycles. The van der Waals surface area contributed by atoms with Crippen molar-refractivity contribution in [3.8, 4) is 0 Å². The Morgan fingerprint density at radius 3 is 1.38 bits per heavy atom. The minimum Gasteiger partial charge on any atom is -0.168 e. The predicted octanol–water partition coefficient (Wildman–Crippen LogP) is 6.50. The van der Waals surface area contributed by atoms with Crippen LogP contribution in [0.5, 0.6) is 0 Å². The van der Waals surface area contributed by atoms with Gasteiger partial charge in [0.2, 0.25) is 0 Å². The first-order valence-electron chi connectivity index (χ1n) is 6.52. The zero-order valence-electron chi connectivity index (χ0n) is 11.3. The molecule has 106 valence electrons. The van der Waals surface area contributed by atoms with E-state index < -0.39 is 32.8 Å². The van der Waals surface area contributed by atoms with Gasteiger partial charge in [0, 0.05) is 0 Å². The molecule has 0 aromatic heterocycles. The van der Waals surface area contributed by atoms with Gasteiger partial charge >= 0.3 is 44.7 Å². The maximum absolute atomic E-state index is 4.97. The fraction of sp³-hybridized carbons (Fsp3) is 0. The molecule has 0 N–H and O–H groups in total. The molecule has 0 saturated heterocycles. The summed E-state index contributed by atoms with van der Waals surface area (Å²) in [5.74, 6) is 9.95. The molecule has 0 aliphatic heterocycles. The second-order valence-electron chi connectivity index (χ2n) is 4.38. The average molecular weight is 533 g/mol. The molecule has 4 aromatic rings. The molecule has 0 radical (unpaired) electrons. The Balaban J connectivity index is 0.000000130. The topological polar surface area (TPSA) is 0 Å². The predicted molar refractivity (Wildman–Crippen MR) is 90.8 cm³/mol. The fourth-order valence-corrected chi connectivity index (χ4v) is 2.14. The van der Waals surface area contributed by atoms with Crippen LogP contribution in [0.3, 0.4) is 0 Å². The molecule has 0 spiro atoms. The number of rotatable bonds is 0. The van der Waals surface area contributed by atoms with Crippen molar-refractivity contribution in [3.63, 3.8) is 0 Å². The van der Waals surface area contributed by atoms with Crippen LogP contribution in [0.4, 0.5) is 0 Å². The van der Waals surface area contributed by atoms with Crippen LogP contribution in [-0.2, 0) is 0 Å². The van der Waals surface area contributed by atoms with Gasteiger partial charge in [-0.25, -0.2) is 0 Å². The maximum Gasteiger partial charge on any atom is -0.0809 e. The summed E-state index contributed by atoms with van der Waals surface area (Å²) < 4.78 is 0. The summed E-state index contributed by atoms with van der Waals surface area (Å²) in [5, 5.41) is 5.32. The quantitative estimate of drug-likeness (QED) is 0.227. The smallest absolute Gasteiger partial charge is 0.0809 e. The molecule has 0 amide bonds. The second kappa shape index (κ2) is 9.56. The van der Waals surface area contributed by atoms with E-state index in [0.29, 0.717) is 0 Å². The molecule has 4 rings (SSSR count). The first-order chi connectivity index (χ1) is 10.3. The Morgan fingerprint density at radius 1 is 0.619 bits per heavy atom. The monoisotopic (exact) mass is 532 g/mol. The van der Waals surface area contributed by atoms with Crippen molar-refractivity contribution in [2.75, 3.05) is 0 Å². The standard InChI is InChI=1S/2C9H7.2ClH.Th/c2*1-2-5-9-7-3-6-8(9)4-1;;;/h2*1-7H;2*1H;/q2*-1;;;+2/p-2. The zero-order valence-corrected chi connectivity index (χ0v) is 17.0. The molecule has 21 heavy (non-hydrogen) atoms. The Labute approximate surface area is 149 Å². The summed E-state index contributed by atoms with van der Waals surface area (Å²) in [6.45, 7) is 0. The molecule has 0 nitrogen and oxygen atoms in total. The molecule has 3 heteroatoms. The van der Waals surface area contributed by atoms with Crippen LogP contribution in [0, 0.1) is 32.8 Å². The van der Waals surface area contributed by atoms with Gasteiger partial charge in [0.05, 0.1) is 0 Å². The first kappa shape index (κ1) is 16.9. The molecule has 0 aliphatic rings. The number of hydrogen-bond donors (Lipinski definition) is 0. The fourth-order valence-electron chi connectivity index (χ4n) is 2.14. The summed E-state index contributed by atoms with van der Waals surface area (Å²) in [6.07, 6.45) is 0. The van der Waals surface area contributed by atoms with Crippen molar-refractivity contribution in [1.29, 1.82) is 0 Å². The minimum absolute atomic E-state index is 1.06. The number of fused-ring (bicyclic) bond motifs is 2. The number of halogens is 2. The number of hydrogen-bond acceptors (Lipinski definition) is 0. The maximum atomic E-state index is 4.97. The van der Waals surface area contributed by atoms with E-state index in [0.717, 1.165) is 0 Å². The summed E-state index contributed by atoms with van der Waals surface area (Å²) in [5.41, 5.74) is 0. The van der Waals surface area contributed by atoms with Crippen LogP contribution in [-0.4, -0.2) is 0 Å².